The van der Waals surface area contributed by atoms with E-state index in [-0.39, 0.29) is 35.5 Å². The van der Waals surface area contributed by atoms with Crippen LogP contribution in [0.1, 0.15) is 33.1 Å². The Morgan fingerprint density at radius 2 is 2.00 bits per heavy atom. The Balaban J connectivity index is 1.84. The van der Waals surface area contributed by atoms with Crippen LogP contribution < -0.4 is 0 Å². The van der Waals surface area contributed by atoms with E-state index in [0.29, 0.717) is 5.57 Å². The number of Topliss-reactive ketones (excluding diaryl/α,β-unsaturated/α-hetero) is 1. The molecule has 1 unspecified atom stereocenters. The Kier molecular flexibility index (Phi) is 4.07. The van der Waals surface area contributed by atoms with Gasteiger partial charge in [-0.1, -0.05) is 38.7 Å². The Labute approximate surface area is 165 Å². The Hall–Kier alpha value is -1.82. The first-order valence-electron chi connectivity index (χ1n) is 9.89. The summed E-state index contributed by atoms with van der Waals surface area (Å²) in [5.74, 6) is -1.11. The number of aliphatic hydroxyl groups excluding tert-OH is 2. The van der Waals surface area contributed by atoms with E-state index in [1.807, 2.05) is 13.0 Å². The van der Waals surface area contributed by atoms with Gasteiger partial charge in [0.1, 0.15) is 6.61 Å². The number of fused-ring (bicyclic) bond motifs is 5. The van der Waals surface area contributed by atoms with Crippen LogP contribution in [0.3, 0.4) is 0 Å². The fourth-order valence-electron chi connectivity index (χ4n) is 6.95. The molecule has 0 aromatic heterocycles. The van der Waals surface area contributed by atoms with Crippen molar-refractivity contribution in [1.29, 1.82) is 0 Å². The molecule has 5 nitrogen and oxygen atoms in total. The molecular weight excluding hydrogens is 356 g/mol. The van der Waals surface area contributed by atoms with Gasteiger partial charge < -0.3 is 15.3 Å². The van der Waals surface area contributed by atoms with E-state index >= 15 is 0 Å². The van der Waals surface area contributed by atoms with Crippen LogP contribution in [0.25, 0.3) is 0 Å². The van der Waals surface area contributed by atoms with Gasteiger partial charge in [-0.05, 0) is 54.4 Å². The number of hydrogen-bond donors (Lipinski definition) is 3. The summed E-state index contributed by atoms with van der Waals surface area (Å²) >= 11 is 0. The smallest absolute Gasteiger partial charge is 0.194 e. The van der Waals surface area contributed by atoms with Gasteiger partial charge in [-0.3, -0.25) is 9.59 Å². The van der Waals surface area contributed by atoms with Crippen molar-refractivity contribution in [3.05, 3.63) is 48.1 Å². The normalized spacial score (nSPS) is 47.3. The largest absolute Gasteiger partial charge is 0.393 e. The number of allylic oxidation sites excluding steroid dienone is 4. The molecule has 4 aliphatic rings. The van der Waals surface area contributed by atoms with Crippen molar-refractivity contribution in [1.82, 2.24) is 0 Å². The average Bonchev–Trinajstić information content (AvgIpc) is 2.79. The first-order chi connectivity index (χ1) is 13.0. The molecule has 7 atom stereocenters. The number of ketones is 2. The van der Waals surface area contributed by atoms with Gasteiger partial charge in [0, 0.05) is 16.7 Å². The van der Waals surface area contributed by atoms with Crippen LogP contribution >= 0.6 is 0 Å². The van der Waals surface area contributed by atoms with E-state index in [1.165, 1.54) is 0 Å². The second kappa shape index (κ2) is 5.85. The summed E-state index contributed by atoms with van der Waals surface area (Å²) in [6, 6.07) is 0. The average molecular weight is 384 g/mol. The fraction of sp³-hybridized carbons (Fsp3) is 0.565. The fourth-order valence-corrected chi connectivity index (χ4v) is 6.95. The van der Waals surface area contributed by atoms with Crippen molar-refractivity contribution < 1.29 is 24.9 Å². The van der Waals surface area contributed by atoms with Gasteiger partial charge in [0.05, 0.1) is 6.10 Å². The zero-order valence-corrected chi connectivity index (χ0v) is 16.4. The molecule has 3 N–H and O–H groups in total. The lowest BCUT2D eigenvalue weighted by Gasteiger charge is -2.59. The molecule has 0 amide bonds. The second-order valence-electron chi connectivity index (χ2n) is 9.38. The maximum Gasteiger partial charge on any atom is 0.194 e. The Bertz CT molecular complexity index is 866. The number of rotatable bonds is 2. The van der Waals surface area contributed by atoms with Crippen molar-refractivity contribution in [2.75, 3.05) is 6.61 Å². The summed E-state index contributed by atoms with van der Waals surface area (Å²) in [7, 11) is 0. The number of hydrogen-bond acceptors (Lipinski definition) is 5. The van der Waals surface area contributed by atoms with E-state index in [4.69, 9.17) is 0 Å². The molecule has 0 bridgehead atoms. The molecule has 0 saturated heterocycles. The zero-order valence-electron chi connectivity index (χ0n) is 16.4. The third-order valence-electron chi connectivity index (χ3n) is 8.24. The molecular formula is C23H28O5. The van der Waals surface area contributed by atoms with Gasteiger partial charge in [0.2, 0.25) is 0 Å². The molecule has 0 heterocycles. The molecule has 0 aliphatic heterocycles. The lowest BCUT2D eigenvalue weighted by atomic mass is 9.46. The summed E-state index contributed by atoms with van der Waals surface area (Å²) < 4.78 is 0. The minimum Gasteiger partial charge on any atom is -0.393 e. The first kappa shape index (κ1) is 19.5. The van der Waals surface area contributed by atoms with Crippen LogP contribution in [0, 0.1) is 28.6 Å². The van der Waals surface area contributed by atoms with E-state index < -0.39 is 34.9 Å². The molecule has 5 heteroatoms. The van der Waals surface area contributed by atoms with Gasteiger partial charge in [-0.2, -0.15) is 0 Å². The summed E-state index contributed by atoms with van der Waals surface area (Å²) in [6.45, 7) is 11.2. The van der Waals surface area contributed by atoms with Gasteiger partial charge in [0.25, 0.3) is 0 Å². The third-order valence-corrected chi connectivity index (χ3v) is 8.24. The van der Waals surface area contributed by atoms with Crippen molar-refractivity contribution in [2.45, 2.75) is 44.8 Å². The van der Waals surface area contributed by atoms with Crippen LogP contribution in [0.15, 0.2) is 48.1 Å². The maximum absolute atomic E-state index is 12.6. The van der Waals surface area contributed by atoms with Crippen LogP contribution in [0.2, 0.25) is 0 Å². The Morgan fingerprint density at radius 3 is 2.64 bits per heavy atom. The molecule has 28 heavy (non-hydrogen) atoms. The van der Waals surface area contributed by atoms with Gasteiger partial charge in [-0.25, -0.2) is 0 Å². The van der Waals surface area contributed by atoms with Crippen molar-refractivity contribution >= 4 is 11.6 Å². The molecule has 150 valence electrons. The van der Waals surface area contributed by atoms with Crippen LogP contribution in [0.4, 0.5) is 0 Å². The van der Waals surface area contributed by atoms with Gasteiger partial charge in [0.15, 0.2) is 17.2 Å². The molecule has 4 rings (SSSR count). The minimum atomic E-state index is -1.93. The van der Waals surface area contributed by atoms with Gasteiger partial charge >= 0.3 is 0 Å². The van der Waals surface area contributed by atoms with E-state index in [9.17, 15) is 24.9 Å². The Morgan fingerprint density at radius 1 is 1.32 bits per heavy atom. The monoisotopic (exact) mass is 384 g/mol. The molecule has 0 spiro atoms. The predicted molar refractivity (Wildman–Crippen MR) is 104 cm³/mol. The van der Waals surface area contributed by atoms with Crippen LogP contribution in [-0.2, 0) is 9.59 Å². The zero-order chi connectivity index (χ0) is 20.6. The lowest BCUT2D eigenvalue weighted by Crippen LogP contribution is -2.62. The van der Waals surface area contributed by atoms with Crippen LogP contribution in [0.5, 0.6) is 0 Å². The highest BCUT2D eigenvalue weighted by molar-refractivity contribution is 6.01. The summed E-state index contributed by atoms with van der Waals surface area (Å²) in [5.41, 5.74) is -1.42. The standard InChI is InChI=1S/C23H28O5/c1-12-13(2)23(28,18(27)11-24)22(4)10-17(26)20-16(19(12)22)6-5-14-9-15(25)7-8-21(14,20)3/h7-9,16-17,19-20,24,26,28H,1-2,5-6,10-11H2,3-4H3/t16-,17?,19-,20+,21-,22-,23-/m0/s1. The van der Waals surface area contributed by atoms with Gasteiger partial charge in [-0.15, -0.1) is 0 Å². The van der Waals surface area contributed by atoms with Crippen molar-refractivity contribution in [3.63, 3.8) is 0 Å². The number of carbonyl (C=O) groups is 2. The molecule has 0 aromatic rings. The highest BCUT2D eigenvalue weighted by Gasteiger charge is 2.70. The summed E-state index contributed by atoms with van der Waals surface area (Å²) in [4.78, 5) is 24.5. The molecule has 3 saturated carbocycles. The SMILES string of the molecule is C=C1C(=C)[C@](O)(C(=O)CO)[C@@]2(C)CC(O)[C@H]3[C@@H](CCC4=CC(=O)C=C[C@@]43C)[C@H]12. The highest BCUT2D eigenvalue weighted by atomic mass is 16.3. The van der Waals surface area contributed by atoms with E-state index in [2.05, 4.69) is 20.1 Å². The summed E-state index contributed by atoms with van der Waals surface area (Å²) in [6.07, 6.45) is 6.05. The second-order valence-corrected chi connectivity index (χ2v) is 9.38. The molecule has 4 aliphatic carbocycles. The van der Waals surface area contributed by atoms with Crippen molar-refractivity contribution in [2.24, 2.45) is 28.6 Å². The first-order valence-corrected chi connectivity index (χ1v) is 9.89. The van der Waals surface area contributed by atoms with Crippen LogP contribution in [-0.4, -0.2) is 45.2 Å². The third kappa shape index (κ3) is 2.07. The summed E-state index contributed by atoms with van der Waals surface area (Å²) in [5, 5.41) is 32.2. The quantitative estimate of drug-likeness (QED) is 0.676. The van der Waals surface area contributed by atoms with E-state index in [0.717, 1.165) is 18.4 Å². The minimum absolute atomic E-state index is 0.0153. The van der Waals surface area contributed by atoms with Crippen molar-refractivity contribution in [3.8, 4) is 0 Å². The topological polar surface area (TPSA) is 94.8 Å². The molecule has 0 radical (unpaired) electrons. The molecule has 0 aromatic carbocycles. The highest BCUT2D eigenvalue weighted by Crippen LogP contribution is 2.69. The lowest BCUT2D eigenvalue weighted by molar-refractivity contribution is -0.171. The predicted octanol–water partition coefficient (Wildman–Crippen LogP) is 1.89. The van der Waals surface area contributed by atoms with E-state index in [1.54, 1.807) is 12.2 Å². The molecule has 3 fully saturated rings. The maximum atomic E-state index is 12.6. The number of aliphatic hydroxyl groups is 3. The number of carbonyl (C=O) groups excluding carboxylic acids is 2.